The molecule has 1 amide bonds. The summed E-state index contributed by atoms with van der Waals surface area (Å²) in [6.07, 6.45) is 0.718. The van der Waals surface area contributed by atoms with Gasteiger partial charge in [0, 0.05) is 0 Å². The number of nitrogens with one attached hydrogen (secondary N) is 1. The number of hydrogen-bond acceptors (Lipinski definition) is 6. The molecule has 1 heterocycles. The number of sulfone groups is 1. The lowest BCUT2D eigenvalue weighted by molar-refractivity contribution is -0.113. The molecule has 0 fully saturated rings. The second-order valence-corrected chi connectivity index (χ2v) is 7.03. The number of aromatic nitrogens is 2. The maximum atomic E-state index is 12.0. The first kappa shape index (κ1) is 14.6. The summed E-state index contributed by atoms with van der Waals surface area (Å²) in [5.41, 5.74) is 0. The average Bonchev–Trinajstić information content (AvgIpc) is 2.86. The fourth-order valence-electron chi connectivity index (χ4n) is 1.49. The van der Waals surface area contributed by atoms with E-state index >= 15 is 0 Å². The smallest absolute Gasteiger partial charge is 0.241 e. The molecule has 0 unspecified atom stereocenters. The standard InChI is InChI=1S/C12H13N3O3S2/c1-2-11-14-15-12(19-11)13-10(16)8-20(17,18)9-6-4-3-5-7-9/h3-7H,2,8H2,1H3,(H,13,15,16). The molecule has 0 aliphatic carbocycles. The van der Waals surface area contributed by atoms with Crippen molar-refractivity contribution in [2.45, 2.75) is 18.2 Å². The second-order valence-electron chi connectivity index (χ2n) is 3.97. The molecular formula is C12H13N3O3S2. The lowest BCUT2D eigenvalue weighted by Crippen LogP contribution is -2.22. The van der Waals surface area contributed by atoms with Gasteiger partial charge >= 0.3 is 0 Å². The number of nitrogens with zero attached hydrogens (tertiary/aromatic N) is 2. The molecule has 0 bridgehead atoms. The summed E-state index contributed by atoms with van der Waals surface area (Å²) >= 11 is 1.23. The maximum Gasteiger partial charge on any atom is 0.241 e. The van der Waals surface area contributed by atoms with Crippen molar-refractivity contribution in [2.24, 2.45) is 0 Å². The third-order valence-electron chi connectivity index (χ3n) is 2.44. The van der Waals surface area contributed by atoms with Crippen LogP contribution in [-0.2, 0) is 21.1 Å². The van der Waals surface area contributed by atoms with E-state index in [9.17, 15) is 13.2 Å². The largest absolute Gasteiger partial charge is 0.300 e. The SMILES string of the molecule is CCc1nnc(NC(=O)CS(=O)(=O)c2ccccc2)s1. The Labute approximate surface area is 120 Å². The third-order valence-corrected chi connectivity index (χ3v) is 5.05. The van der Waals surface area contributed by atoms with Crippen LogP contribution in [0.3, 0.4) is 0 Å². The summed E-state index contributed by atoms with van der Waals surface area (Å²) in [6.45, 7) is 1.92. The third kappa shape index (κ3) is 3.61. The van der Waals surface area contributed by atoms with E-state index in [0.29, 0.717) is 5.13 Å². The Bertz CT molecular complexity index is 696. The van der Waals surface area contributed by atoms with Crippen molar-refractivity contribution in [3.05, 3.63) is 35.3 Å². The zero-order chi connectivity index (χ0) is 14.6. The molecule has 0 radical (unpaired) electrons. The van der Waals surface area contributed by atoms with Crippen molar-refractivity contribution >= 4 is 32.2 Å². The number of hydrogen-bond donors (Lipinski definition) is 1. The molecule has 0 spiro atoms. The molecule has 20 heavy (non-hydrogen) atoms. The Hall–Kier alpha value is -1.80. The van der Waals surface area contributed by atoms with Gasteiger partial charge in [0.25, 0.3) is 0 Å². The lowest BCUT2D eigenvalue weighted by atomic mass is 10.4. The second kappa shape index (κ2) is 6.10. The maximum absolute atomic E-state index is 12.0. The van der Waals surface area contributed by atoms with Crippen LogP contribution >= 0.6 is 11.3 Å². The highest BCUT2D eigenvalue weighted by Crippen LogP contribution is 2.16. The van der Waals surface area contributed by atoms with E-state index < -0.39 is 21.5 Å². The van der Waals surface area contributed by atoms with Crippen molar-refractivity contribution in [3.63, 3.8) is 0 Å². The number of rotatable bonds is 5. The van der Waals surface area contributed by atoms with Crippen molar-refractivity contribution in [2.75, 3.05) is 11.1 Å². The fourth-order valence-corrected chi connectivity index (χ4v) is 3.34. The van der Waals surface area contributed by atoms with Gasteiger partial charge in [-0.15, -0.1) is 10.2 Å². The average molecular weight is 311 g/mol. The molecule has 106 valence electrons. The number of benzene rings is 1. The van der Waals surface area contributed by atoms with Crippen molar-refractivity contribution in [3.8, 4) is 0 Å². The van der Waals surface area contributed by atoms with Crippen LogP contribution in [0, 0.1) is 0 Å². The Morgan fingerprint density at radius 3 is 2.55 bits per heavy atom. The topological polar surface area (TPSA) is 89.0 Å². The minimum Gasteiger partial charge on any atom is -0.300 e. The molecule has 0 saturated heterocycles. The Balaban J connectivity index is 2.04. The van der Waals surface area contributed by atoms with Gasteiger partial charge in [0.05, 0.1) is 4.90 Å². The number of anilines is 1. The highest BCUT2D eigenvalue weighted by Gasteiger charge is 2.19. The van der Waals surface area contributed by atoms with E-state index in [1.54, 1.807) is 18.2 Å². The number of amides is 1. The van der Waals surface area contributed by atoms with Crippen LogP contribution in [0.5, 0.6) is 0 Å². The highest BCUT2D eigenvalue weighted by atomic mass is 32.2. The zero-order valence-corrected chi connectivity index (χ0v) is 12.4. The van der Waals surface area contributed by atoms with Crippen molar-refractivity contribution in [1.29, 1.82) is 0 Å². The summed E-state index contributed by atoms with van der Waals surface area (Å²) in [7, 11) is -3.63. The predicted octanol–water partition coefficient (Wildman–Crippen LogP) is 1.51. The van der Waals surface area contributed by atoms with Gasteiger partial charge in [0.15, 0.2) is 9.84 Å². The number of aryl methyl sites for hydroxylation is 1. The van der Waals surface area contributed by atoms with E-state index in [1.165, 1.54) is 23.5 Å². The van der Waals surface area contributed by atoms with E-state index in [0.717, 1.165) is 11.4 Å². The molecular weight excluding hydrogens is 298 g/mol. The van der Waals surface area contributed by atoms with Crippen LogP contribution < -0.4 is 5.32 Å². The molecule has 1 aromatic heterocycles. The monoisotopic (exact) mass is 311 g/mol. The van der Waals surface area contributed by atoms with Gasteiger partial charge in [-0.2, -0.15) is 0 Å². The van der Waals surface area contributed by atoms with E-state index in [-0.39, 0.29) is 4.90 Å². The van der Waals surface area contributed by atoms with Gasteiger partial charge in [0.2, 0.25) is 11.0 Å². The minimum atomic E-state index is -3.63. The van der Waals surface area contributed by atoms with Gasteiger partial charge in [-0.05, 0) is 18.6 Å². The zero-order valence-electron chi connectivity index (χ0n) is 10.7. The van der Waals surface area contributed by atoms with Gasteiger partial charge in [-0.25, -0.2) is 8.42 Å². The van der Waals surface area contributed by atoms with E-state index in [2.05, 4.69) is 15.5 Å². The minimum absolute atomic E-state index is 0.127. The lowest BCUT2D eigenvalue weighted by Gasteiger charge is -2.03. The first-order valence-electron chi connectivity index (χ1n) is 5.91. The molecule has 1 N–H and O–H groups in total. The Morgan fingerprint density at radius 1 is 1.25 bits per heavy atom. The first-order chi connectivity index (χ1) is 9.51. The highest BCUT2D eigenvalue weighted by molar-refractivity contribution is 7.92. The Kier molecular flexibility index (Phi) is 4.46. The summed E-state index contributed by atoms with van der Waals surface area (Å²) in [5, 5.41) is 11.2. The first-order valence-corrected chi connectivity index (χ1v) is 8.38. The van der Waals surface area contributed by atoms with Gasteiger partial charge < -0.3 is 0 Å². The molecule has 6 nitrogen and oxygen atoms in total. The van der Waals surface area contributed by atoms with Crippen molar-refractivity contribution < 1.29 is 13.2 Å². The van der Waals surface area contributed by atoms with Crippen LogP contribution in [0.15, 0.2) is 35.2 Å². The molecule has 0 atom stereocenters. The fraction of sp³-hybridized carbons (Fsp3) is 0.250. The van der Waals surface area contributed by atoms with Gasteiger partial charge in [0.1, 0.15) is 10.8 Å². The van der Waals surface area contributed by atoms with Crippen LogP contribution in [0.4, 0.5) is 5.13 Å². The molecule has 2 rings (SSSR count). The van der Waals surface area contributed by atoms with Crippen LogP contribution in [-0.4, -0.2) is 30.3 Å². The summed E-state index contributed by atoms with van der Waals surface area (Å²) in [6, 6.07) is 7.87. The Morgan fingerprint density at radius 2 is 1.95 bits per heavy atom. The van der Waals surface area contributed by atoms with E-state index in [1.807, 2.05) is 6.92 Å². The normalized spacial score (nSPS) is 11.2. The van der Waals surface area contributed by atoms with Crippen LogP contribution in [0.2, 0.25) is 0 Å². The molecule has 2 aromatic rings. The van der Waals surface area contributed by atoms with Gasteiger partial charge in [-0.1, -0.05) is 36.5 Å². The van der Waals surface area contributed by atoms with E-state index in [4.69, 9.17) is 0 Å². The van der Waals surface area contributed by atoms with Crippen molar-refractivity contribution in [1.82, 2.24) is 10.2 Å². The molecule has 1 aromatic carbocycles. The quantitative estimate of drug-likeness (QED) is 0.904. The number of carbonyl (C=O) groups is 1. The molecule has 0 aliphatic heterocycles. The number of carbonyl (C=O) groups excluding carboxylic acids is 1. The molecule has 8 heteroatoms. The predicted molar refractivity (Wildman–Crippen MR) is 76.4 cm³/mol. The summed E-state index contributed by atoms with van der Waals surface area (Å²) < 4.78 is 24.0. The molecule has 0 saturated carbocycles. The summed E-state index contributed by atoms with van der Waals surface area (Å²) in [4.78, 5) is 11.9. The van der Waals surface area contributed by atoms with Crippen LogP contribution in [0.25, 0.3) is 0 Å². The summed E-state index contributed by atoms with van der Waals surface area (Å²) in [5.74, 6) is -1.23. The van der Waals surface area contributed by atoms with Crippen LogP contribution in [0.1, 0.15) is 11.9 Å². The molecule has 0 aliphatic rings. The van der Waals surface area contributed by atoms with Gasteiger partial charge in [-0.3, -0.25) is 10.1 Å².